The highest BCUT2D eigenvalue weighted by Crippen LogP contribution is 2.36. The van der Waals surface area contributed by atoms with E-state index in [4.69, 9.17) is 9.47 Å². The van der Waals surface area contributed by atoms with Crippen molar-refractivity contribution in [3.63, 3.8) is 0 Å². The fourth-order valence-electron chi connectivity index (χ4n) is 4.29. The lowest BCUT2D eigenvalue weighted by atomic mass is 10.1. The second kappa shape index (κ2) is 8.44. The van der Waals surface area contributed by atoms with Gasteiger partial charge >= 0.3 is 0 Å². The fourth-order valence-corrected chi connectivity index (χ4v) is 6.03. The summed E-state index contributed by atoms with van der Waals surface area (Å²) in [4.78, 5) is 12.9. The van der Waals surface area contributed by atoms with Gasteiger partial charge in [0.05, 0.1) is 17.1 Å². The number of hydrogen-bond donors (Lipinski definition) is 1. The molecule has 2 aliphatic heterocycles. The Bertz CT molecular complexity index is 1310. The zero-order valence-corrected chi connectivity index (χ0v) is 18.9. The number of ether oxygens (including phenoxy) is 2. The van der Waals surface area contributed by atoms with Crippen molar-refractivity contribution < 1.29 is 22.7 Å². The fraction of sp³-hybridized carbons (Fsp3) is 0.240. The minimum Gasteiger partial charge on any atom is -0.486 e. The van der Waals surface area contributed by atoms with Crippen molar-refractivity contribution in [2.45, 2.75) is 30.4 Å². The molecule has 0 aliphatic carbocycles. The summed E-state index contributed by atoms with van der Waals surface area (Å²) in [5.74, 6) is 0.941. The Morgan fingerprint density at radius 3 is 2.64 bits per heavy atom. The maximum Gasteiger partial charge on any atom is 0.264 e. The molecule has 33 heavy (non-hydrogen) atoms. The SMILES string of the molecule is C[C@@H]1Cc2ccccc2N1S(=O)(=O)c1cccc(C(=O)NC[C@H]2COc3ccccc3O2)c1. The Balaban J connectivity index is 1.31. The molecule has 1 N–H and O–H groups in total. The maximum absolute atomic E-state index is 13.5. The lowest BCUT2D eigenvalue weighted by Gasteiger charge is -2.26. The molecular formula is C25H24N2O5S. The van der Waals surface area contributed by atoms with Crippen molar-refractivity contribution in [1.82, 2.24) is 5.32 Å². The van der Waals surface area contributed by atoms with Gasteiger partial charge in [-0.15, -0.1) is 0 Å². The molecular weight excluding hydrogens is 440 g/mol. The third-order valence-electron chi connectivity index (χ3n) is 5.86. The first kappa shape index (κ1) is 21.3. The predicted molar refractivity (Wildman–Crippen MR) is 124 cm³/mol. The van der Waals surface area contributed by atoms with Gasteiger partial charge in [-0.3, -0.25) is 9.10 Å². The first-order valence-corrected chi connectivity index (χ1v) is 12.3. The average molecular weight is 465 g/mol. The second-order valence-corrected chi connectivity index (χ2v) is 10.0. The van der Waals surface area contributed by atoms with Gasteiger partial charge in [0.2, 0.25) is 0 Å². The monoisotopic (exact) mass is 464 g/mol. The number of para-hydroxylation sites is 3. The number of benzene rings is 3. The third-order valence-corrected chi connectivity index (χ3v) is 7.78. The highest BCUT2D eigenvalue weighted by atomic mass is 32.2. The van der Waals surface area contributed by atoms with Crippen LogP contribution in [0.15, 0.2) is 77.7 Å². The number of sulfonamides is 1. The zero-order chi connectivity index (χ0) is 23.0. The van der Waals surface area contributed by atoms with Crippen LogP contribution in [0.1, 0.15) is 22.8 Å². The molecule has 8 heteroatoms. The molecule has 0 radical (unpaired) electrons. The minimum absolute atomic E-state index is 0.0879. The van der Waals surface area contributed by atoms with Crippen LogP contribution in [-0.2, 0) is 16.4 Å². The van der Waals surface area contributed by atoms with Crippen molar-refractivity contribution in [1.29, 1.82) is 0 Å². The molecule has 2 atom stereocenters. The molecule has 2 heterocycles. The lowest BCUT2D eigenvalue weighted by molar-refractivity contribution is 0.0789. The van der Waals surface area contributed by atoms with Gasteiger partial charge in [0, 0.05) is 11.6 Å². The zero-order valence-electron chi connectivity index (χ0n) is 18.1. The Labute approximate surface area is 193 Å². The first-order valence-electron chi connectivity index (χ1n) is 10.8. The molecule has 170 valence electrons. The highest BCUT2D eigenvalue weighted by molar-refractivity contribution is 7.92. The van der Waals surface area contributed by atoms with Gasteiger partial charge in [-0.1, -0.05) is 36.4 Å². The highest BCUT2D eigenvalue weighted by Gasteiger charge is 2.36. The van der Waals surface area contributed by atoms with E-state index in [9.17, 15) is 13.2 Å². The van der Waals surface area contributed by atoms with Crippen LogP contribution >= 0.6 is 0 Å². The smallest absolute Gasteiger partial charge is 0.264 e. The second-order valence-electron chi connectivity index (χ2n) is 8.22. The van der Waals surface area contributed by atoms with Crippen LogP contribution in [0.4, 0.5) is 5.69 Å². The van der Waals surface area contributed by atoms with E-state index < -0.39 is 10.0 Å². The van der Waals surface area contributed by atoms with Crippen molar-refractivity contribution in [2.24, 2.45) is 0 Å². The number of rotatable bonds is 5. The molecule has 0 bridgehead atoms. The maximum atomic E-state index is 13.5. The Morgan fingerprint density at radius 2 is 1.79 bits per heavy atom. The lowest BCUT2D eigenvalue weighted by Crippen LogP contribution is -2.40. The van der Waals surface area contributed by atoms with Crippen LogP contribution in [0.2, 0.25) is 0 Å². The Morgan fingerprint density at radius 1 is 1.03 bits per heavy atom. The van der Waals surface area contributed by atoms with Crippen LogP contribution in [0, 0.1) is 0 Å². The van der Waals surface area contributed by atoms with Gasteiger partial charge in [-0.2, -0.15) is 0 Å². The van der Waals surface area contributed by atoms with Crippen LogP contribution < -0.4 is 19.1 Å². The molecule has 2 aliphatic rings. The molecule has 5 rings (SSSR count). The van der Waals surface area contributed by atoms with Gasteiger partial charge in [-0.05, 0) is 55.3 Å². The van der Waals surface area contributed by atoms with Crippen LogP contribution in [0.3, 0.4) is 0 Å². The largest absolute Gasteiger partial charge is 0.486 e. The summed E-state index contributed by atoms with van der Waals surface area (Å²) in [6.07, 6.45) is 0.319. The Hall–Kier alpha value is -3.52. The van der Waals surface area contributed by atoms with E-state index in [0.717, 1.165) is 5.56 Å². The molecule has 0 saturated carbocycles. The molecule has 0 spiro atoms. The average Bonchev–Trinajstić information content (AvgIpc) is 3.19. The van der Waals surface area contributed by atoms with E-state index in [1.165, 1.54) is 16.4 Å². The van der Waals surface area contributed by atoms with Gasteiger partial charge in [0.1, 0.15) is 12.7 Å². The van der Waals surface area contributed by atoms with Crippen molar-refractivity contribution >= 4 is 21.6 Å². The normalized spacial score (nSPS) is 19.1. The van der Waals surface area contributed by atoms with Gasteiger partial charge < -0.3 is 14.8 Å². The van der Waals surface area contributed by atoms with Crippen LogP contribution in [0.25, 0.3) is 0 Å². The van der Waals surface area contributed by atoms with Crippen molar-refractivity contribution in [3.8, 4) is 11.5 Å². The van der Waals surface area contributed by atoms with E-state index in [2.05, 4.69) is 5.32 Å². The topological polar surface area (TPSA) is 84.9 Å². The number of anilines is 1. The molecule has 0 unspecified atom stereocenters. The number of nitrogens with one attached hydrogen (secondary N) is 1. The number of fused-ring (bicyclic) bond motifs is 2. The molecule has 1 amide bonds. The van der Waals surface area contributed by atoms with Gasteiger partial charge in [0.25, 0.3) is 15.9 Å². The summed E-state index contributed by atoms with van der Waals surface area (Å²) in [6, 6.07) is 20.8. The predicted octanol–water partition coefficient (Wildman–Crippen LogP) is 3.40. The first-order chi connectivity index (χ1) is 15.9. The number of carbonyl (C=O) groups excluding carboxylic acids is 1. The van der Waals surface area contributed by atoms with Gasteiger partial charge in [-0.25, -0.2) is 8.42 Å². The van der Waals surface area contributed by atoms with E-state index in [1.807, 2.05) is 55.5 Å². The van der Waals surface area contributed by atoms with E-state index >= 15 is 0 Å². The molecule has 3 aromatic rings. The summed E-state index contributed by atoms with van der Waals surface area (Å²) in [7, 11) is -3.82. The van der Waals surface area contributed by atoms with Gasteiger partial charge in [0.15, 0.2) is 11.5 Å². The summed E-state index contributed by atoms with van der Waals surface area (Å²) in [5.41, 5.74) is 1.96. The van der Waals surface area contributed by atoms with Crippen LogP contribution in [-0.4, -0.2) is 39.6 Å². The number of nitrogens with zero attached hydrogens (tertiary/aromatic N) is 1. The number of carbonyl (C=O) groups is 1. The van der Waals surface area contributed by atoms with Crippen molar-refractivity contribution in [2.75, 3.05) is 17.5 Å². The summed E-state index contributed by atoms with van der Waals surface area (Å²) >= 11 is 0. The van der Waals surface area contributed by atoms with E-state index in [0.29, 0.717) is 30.2 Å². The van der Waals surface area contributed by atoms with Crippen molar-refractivity contribution in [3.05, 3.63) is 83.9 Å². The third kappa shape index (κ3) is 4.02. The van der Waals surface area contributed by atoms with E-state index in [1.54, 1.807) is 12.1 Å². The Kier molecular flexibility index (Phi) is 5.46. The molecule has 7 nitrogen and oxygen atoms in total. The summed E-state index contributed by atoms with van der Waals surface area (Å²) in [6.45, 7) is 2.44. The summed E-state index contributed by atoms with van der Waals surface area (Å²) < 4.78 is 39.9. The molecule has 0 aromatic heterocycles. The molecule has 0 fully saturated rings. The van der Waals surface area contributed by atoms with E-state index in [-0.39, 0.29) is 35.1 Å². The standard InChI is InChI=1S/C25H24N2O5S/c1-17-13-18-7-2-3-10-22(18)27(17)33(29,30)21-9-6-8-19(14-21)25(28)26-15-20-16-31-23-11-4-5-12-24(23)32-20/h2-12,14,17,20H,13,15-16H2,1H3,(H,26,28)/t17-,20+/m1/s1. The molecule has 0 saturated heterocycles. The minimum atomic E-state index is -3.82. The van der Waals surface area contributed by atoms with Crippen LogP contribution in [0.5, 0.6) is 11.5 Å². The number of amides is 1. The number of hydrogen-bond acceptors (Lipinski definition) is 5. The summed E-state index contributed by atoms with van der Waals surface area (Å²) in [5, 5.41) is 2.82. The quantitative estimate of drug-likeness (QED) is 0.626. The molecule has 3 aromatic carbocycles.